The summed E-state index contributed by atoms with van der Waals surface area (Å²) in [5.41, 5.74) is 0.754. The van der Waals surface area contributed by atoms with Crippen LogP contribution in [-0.4, -0.2) is 29.0 Å². The zero-order valence-electron chi connectivity index (χ0n) is 16.8. The van der Waals surface area contributed by atoms with Crippen LogP contribution in [0.25, 0.3) is 0 Å². The van der Waals surface area contributed by atoms with Crippen LogP contribution in [0.3, 0.4) is 0 Å². The van der Waals surface area contributed by atoms with E-state index in [0.29, 0.717) is 5.69 Å². The minimum Gasteiger partial charge on any atom is -0.322 e. The van der Waals surface area contributed by atoms with Crippen LogP contribution in [-0.2, 0) is 20.0 Å². The Morgan fingerprint density at radius 3 is 2.03 bits per heavy atom. The monoisotopic (exact) mass is 547 g/mol. The van der Waals surface area contributed by atoms with Crippen molar-refractivity contribution in [2.75, 3.05) is 21.0 Å². The van der Waals surface area contributed by atoms with E-state index in [0.717, 1.165) is 6.26 Å². The molecule has 33 heavy (non-hydrogen) atoms. The molecule has 0 heterocycles. The van der Waals surface area contributed by atoms with Crippen LogP contribution in [0, 0.1) is 0 Å². The molecule has 3 rings (SSSR count). The number of anilines is 3. The topological polar surface area (TPSA) is 121 Å². The van der Waals surface area contributed by atoms with Crippen molar-refractivity contribution in [3.8, 4) is 0 Å². The maximum Gasteiger partial charge on any atom is 0.261 e. The van der Waals surface area contributed by atoms with Gasteiger partial charge < -0.3 is 5.32 Å². The standard InChI is InChI=1S/C20H16Cl3N3O5S2/c1-32(28,29)25-13-7-10-15(17(22)11-13)20(27)24-12-5-8-14(9-6-12)33(30,31)26-18-4-2-3-16(21)19(18)23/h2-11,25-26H,1H3,(H,24,27). The summed E-state index contributed by atoms with van der Waals surface area (Å²) in [5.74, 6) is -0.564. The van der Waals surface area contributed by atoms with Crippen molar-refractivity contribution in [3.05, 3.63) is 81.3 Å². The number of carbonyl (C=O) groups excluding carboxylic acids is 1. The van der Waals surface area contributed by atoms with Crippen molar-refractivity contribution in [3.63, 3.8) is 0 Å². The van der Waals surface area contributed by atoms with Gasteiger partial charge in [-0.1, -0.05) is 40.9 Å². The lowest BCUT2D eigenvalue weighted by Gasteiger charge is -2.12. The first-order valence-corrected chi connectivity index (χ1v) is 13.5. The summed E-state index contributed by atoms with van der Waals surface area (Å²) < 4.78 is 52.5. The second kappa shape index (κ2) is 9.78. The van der Waals surface area contributed by atoms with Crippen LogP contribution in [0.1, 0.15) is 10.4 Å². The quantitative estimate of drug-likeness (QED) is 0.380. The third-order valence-electron chi connectivity index (χ3n) is 4.14. The molecule has 0 fully saturated rings. The molecule has 0 saturated carbocycles. The Morgan fingerprint density at radius 1 is 0.788 bits per heavy atom. The molecule has 0 aliphatic heterocycles. The zero-order valence-corrected chi connectivity index (χ0v) is 20.7. The fraction of sp³-hybridized carbons (Fsp3) is 0.0500. The lowest BCUT2D eigenvalue weighted by atomic mass is 10.2. The molecule has 0 aromatic heterocycles. The van der Waals surface area contributed by atoms with Gasteiger partial charge in [-0.25, -0.2) is 16.8 Å². The minimum atomic E-state index is -3.96. The average molecular weight is 549 g/mol. The van der Waals surface area contributed by atoms with Crippen LogP contribution < -0.4 is 14.8 Å². The highest BCUT2D eigenvalue weighted by Gasteiger charge is 2.18. The Labute approximate surface area is 206 Å². The number of nitrogens with one attached hydrogen (secondary N) is 3. The first-order valence-electron chi connectivity index (χ1n) is 9.01. The number of benzene rings is 3. The van der Waals surface area contributed by atoms with Crippen LogP contribution in [0.4, 0.5) is 17.1 Å². The lowest BCUT2D eigenvalue weighted by Crippen LogP contribution is -2.15. The van der Waals surface area contributed by atoms with Crippen LogP contribution in [0.15, 0.2) is 65.6 Å². The molecule has 0 aliphatic carbocycles. The summed E-state index contributed by atoms with van der Waals surface area (Å²) in [6, 6.07) is 14.0. The van der Waals surface area contributed by atoms with Gasteiger partial charge in [0.15, 0.2) is 0 Å². The van der Waals surface area contributed by atoms with Gasteiger partial charge in [0, 0.05) is 11.4 Å². The molecule has 3 aromatic carbocycles. The minimum absolute atomic E-state index is 0.0305. The summed E-state index contributed by atoms with van der Waals surface area (Å²) in [7, 11) is -7.45. The van der Waals surface area contributed by atoms with E-state index in [1.165, 1.54) is 54.6 Å². The number of rotatable bonds is 7. The van der Waals surface area contributed by atoms with Gasteiger partial charge in [0.05, 0.1) is 37.5 Å². The highest BCUT2D eigenvalue weighted by molar-refractivity contribution is 7.92. The van der Waals surface area contributed by atoms with Crippen molar-refractivity contribution >= 4 is 77.8 Å². The third-order valence-corrected chi connectivity index (χ3v) is 7.25. The molecule has 0 unspecified atom stereocenters. The maximum absolute atomic E-state index is 12.6. The highest BCUT2D eigenvalue weighted by atomic mass is 35.5. The molecule has 8 nitrogen and oxygen atoms in total. The van der Waals surface area contributed by atoms with Crippen molar-refractivity contribution in [1.82, 2.24) is 0 Å². The molecule has 174 valence electrons. The summed E-state index contributed by atoms with van der Waals surface area (Å²) >= 11 is 18.0. The van der Waals surface area contributed by atoms with E-state index in [-0.39, 0.29) is 36.9 Å². The van der Waals surface area contributed by atoms with Crippen LogP contribution in [0.5, 0.6) is 0 Å². The van der Waals surface area contributed by atoms with E-state index in [4.69, 9.17) is 34.8 Å². The molecule has 0 spiro atoms. The first-order chi connectivity index (χ1) is 15.4. The van der Waals surface area contributed by atoms with Gasteiger partial charge in [-0.15, -0.1) is 0 Å². The van der Waals surface area contributed by atoms with Gasteiger partial charge in [-0.3, -0.25) is 14.2 Å². The maximum atomic E-state index is 12.6. The van der Waals surface area contributed by atoms with E-state index in [2.05, 4.69) is 14.8 Å². The van der Waals surface area contributed by atoms with E-state index in [1.807, 2.05) is 0 Å². The van der Waals surface area contributed by atoms with Gasteiger partial charge >= 0.3 is 0 Å². The Kier molecular flexibility index (Phi) is 7.45. The molecule has 0 aliphatic rings. The third kappa shape index (κ3) is 6.52. The lowest BCUT2D eigenvalue weighted by molar-refractivity contribution is 0.102. The number of hydrogen-bond acceptors (Lipinski definition) is 5. The van der Waals surface area contributed by atoms with E-state index >= 15 is 0 Å². The normalized spacial score (nSPS) is 11.6. The van der Waals surface area contributed by atoms with Gasteiger partial charge in [0.25, 0.3) is 15.9 Å². The van der Waals surface area contributed by atoms with E-state index < -0.39 is 26.0 Å². The Bertz CT molecular complexity index is 1430. The van der Waals surface area contributed by atoms with E-state index in [1.54, 1.807) is 6.07 Å². The first kappa shape index (κ1) is 25.1. The molecule has 0 bridgehead atoms. The summed E-state index contributed by atoms with van der Waals surface area (Å²) in [6.07, 6.45) is 0.991. The number of halogens is 3. The molecule has 0 atom stereocenters. The molecular weight excluding hydrogens is 533 g/mol. The largest absolute Gasteiger partial charge is 0.322 e. The van der Waals surface area contributed by atoms with Gasteiger partial charge in [-0.05, 0) is 54.6 Å². The number of carbonyl (C=O) groups is 1. The van der Waals surface area contributed by atoms with Gasteiger partial charge in [0.1, 0.15) is 0 Å². The van der Waals surface area contributed by atoms with Gasteiger partial charge in [0.2, 0.25) is 10.0 Å². The predicted molar refractivity (Wildman–Crippen MR) is 132 cm³/mol. The molecule has 3 N–H and O–H groups in total. The highest BCUT2D eigenvalue weighted by Crippen LogP contribution is 2.31. The van der Waals surface area contributed by atoms with E-state index in [9.17, 15) is 21.6 Å². The smallest absolute Gasteiger partial charge is 0.261 e. The molecule has 13 heteroatoms. The Hall–Kier alpha value is -2.50. The molecular formula is C20H16Cl3N3O5S2. The Morgan fingerprint density at radius 2 is 1.42 bits per heavy atom. The van der Waals surface area contributed by atoms with Crippen molar-refractivity contribution < 1.29 is 21.6 Å². The summed E-state index contributed by atoms with van der Waals surface area (Å²) in [4.78, 5) is 12.5. The predicted octanol–water partition coefficient (Wildman–Crippen LogP) is 5.07. The fourth-order valence-corrected chi connectivity index (χ4v) is 4.98. The summed E-state index contributed by atoms with van der Waals surface area (Å²) in [6.45, 7) is 0. The number of sulfonamides is 2. The average Bonchev–Trinajstić information content (AvgIpc) is 2.70. The van der Waals surface area contributed by atoms with Gasteiger partial charge in [-0.2, -0.15) is 0 Å². The van der Waals surface area contributed by atoms with Crippen LogP contribution in [0.2, 0.25) is 15.1 Å². The summed E-state index contributed by atoms with van der Waals surface area (Å²) in [5, 5.41) is 2.90. The molecule has 0 saturated heterocycles. The molecule has 3 aromatic rings. The Balaban J connectivity index is 1.74. The molecule has 1 amide bonds. The van der Waals surface area contributed by atoms with Crippen molar-refractivity contribution in [1.29, 1.82) is 0 Å². The number of amides is 1. The SMILES string of the molecule is CS(=O)(=O)Nc1ccc(C(=O)Nc2ccc(S(=O)(=O)Nc3cccc(Cl)c3Cl)cc2)c(Cl)c1. The number of hydrogen-bond donors (Lipinski definition) is 3. The fourth-order valence-electron chi connectivity index (χ4n) is 2.68. The second-order valence-corrected chi connectivity index (χ2v) is 11.4. The second-order valence-electron chi connectivity index (χ2n) is 6.75. The van der Waals surface area contributed by atoms with Crippen LogP contribution >= 0.6 is 34.8 Å². The molecule has 0 radical (unpaired) electrons. The zero-order chi connectivity index (χ0) is 24.4. The van der Waals surface area contributed by atoms with Crippen molar-refractivity contribution in [2.24, 2.45) is 0 Å². The van der Waals surface area contributed by atoms with Crippen molar-refractivity contribution in [2.45, 2.75) is 4.90 Å².